The van der Waals surface area contributed by atoms with Crippen LogP contribution in [0.15, 0.2) is 16.8 Å². The lowest BCUT2D eigenvalue weighted by Gasteiger charge is -2.14. The normalized spacial score (nSPS) is 12.0. The summed E-state index contributed by atoms with van der Waals surface area (Å²) in [6.45, 7) is 0.344. The van der Waals surface area contributed by atoms with Crippen LogP contribution in [0.25, 0.3) is 0 Å². The molecule has 108 valence electrons. The Hall–Kier alpha value is -1.93. The SMILES string of the molecule is CNc1nc(NCC(O)c2ccsc2)nc(N(C)C)n1. The van der Waals surface area contributed by atoms with Crippen molar-refractivity contribution in [1.82, 2.24) is 15.0 Å². The fraction of sp³-hybridized carbons (Fsp3) is 0.417. The molecule has 0 aliphatic carbocycles. The molecule has 0 amide bonds. The Bertz CT molecular complexity index is 545. The first kappa shape index (κ1) is 14.5. The van der Waals surface area contributed by atoms with Gasteiger partial charge in [-0.15, -0.1) is 0 Å². The second-order valence-corrected chi connectivity index (χ2v) is 5.16. The molecule has 1 unspecified atom stereocenters. The van der Waals surface area contributed by atoms with Crippen LogP contribution in [0.3, 0.4) is 0 Å². The summed E-state index contributed by atoms with van der Waals surface area (Å²) in [6, 6.07) is 1.90. The molecule has 3 N–H and O–H groups in total. The van der Waals surface area contributed by atoms with Crippen LogP contribution >= 0.6 is 11.3 Å². The zero-order valence-corrected chi connectivity index (χ0v) is 12.5. The van der Waals surface area contributed by atoms with Gasteiger partial charge in [-0.05, 0) is 22.4 Å². The van der Waals surface area contributed by atoms with Gasteiger partial charge < -0.3 is 20.6 Å². The van der Waals surface area contributed by atoms with Crippen LogP contribution in [0.2, 0.25) is 0 Å². The van der Waals surface area contributed by atoms with Crippen LogP contribution in [-0.2, 0) is 0 Å². The summed E-state index contributed by atoms with van der Waals surface area (Å²) in [5.74, 6) is 1.47. The fourth-order valence-corrected chi connectivity index (χ4v) is 2.23. The van der Waals surface area contributed by atoms with E-state index in [0.717, 1.165) is 5.56 Å². The highest BCUT2D eigenvalue weighted by Crippen LogP contribution is 2.17. The van der Waals surface area contributed by atoms with E-state index in [0.29, 0.717) is 24.4 Å². The maximum atomic E-state index is 10.0. The predicted molar refractivity (Wildman–Crippen MR) is 81.5 cm³/mol. The molecule has 0 fully saturated rings. The molecule has 0 saturated carbocycles. The van der Waals surface area contributed by atoms with Crippen molar-refractivity contribution in [2.75, 3.05) is 43.2 Å². The van der Waals surface area contributed by atoms with Crippen LogP contribution < -0.4 is 15.5 Å². The van der Waals surface area contributed by atoms with E-state index in [9.17, 15) is 5.11 Å². The molecule has 0 aromatic carbocycles. The van der Waals surface area contributed by atoms with Gasteiger partial charge in [0.25, 0.3) is 0 Å². The van der Waals surface area contributed by atoms with E-state index < -0.39 is 6.10 Å². The van der Waals surface area contributed by atoms with Gasteiger partial charge in [-0.1, -0.05) is 0 Å². The molecule has 2 aromatic heterocycles. The molecule has 1 atom stereocenters. The summed E-state index contributed by atoms with van der Waals surface area (Å²) in [5.41, 5.74) is 0.887. The molecule has 0 aliphatic rings. The Labute approximate surface area is 121 Å². The minimum atomic E-state index is -0.584. The summed E-state index contributed by atoms with van der Waals surface area (Å²) in [7, 11) is 5.47. The Morgan fingerprint density at radius 2 is 2.05 bits per heavy atom. The van der Waals surface area contributed by atoms with Crippen molar-refractivity contribution < 1.29 is 5.11 Å². The zero-order valence-electron chi connectivity index (χ0n) is 11.7. The van der Waals surface area contributed by atoms with Gasteiger partial charge in [-0.2, -0.15) is 26.3 Å². The lowest BCUT2D eigenvalue weighted by molar-refractivity contribution is 0.192. The van der Waals surface area contributed by atoms with Crippen molar-refractivity contribution in [3.63, 3.8) is 0 Å². The van der Waals surface area contributed by atoms with Gasteiger partial charge in [0.2, 0.25) is 17.8 Å². The number of anilines is 3. The number of rotatable bonds is 6. The van der Waals surface area contributed by atoms with Crippen LogP contribution in [-0.4, -0.2) is 47.7 Å². The number of nitrogens with one attached hydrogen (secondary N) is 2. The summed E-state index contributed by atoms with van der Waals surface area (Å²) < 4.78 is 0. The fourth-order valence-electron chi connectivity index (χ4n) is 1.53. The minimum Gasteiger partial charge on any atom is -0.387 e. The number of aromatic nitrogens is 3. The Kier molecular flexibility index (Phi) is 4.70. The Morgan fingerprint density at radius 1 is 1.30 bits per heavy atom. The Balaban J connectivity index is 2.07. The largest absolute Gasteiger partial charge is 0.387 e. The van der Waals surface area contributed by atoms with Crippen LogP contribution in [0.4, 0.5) is 17.8 Å². The van der Waals surface area contributed by atoms with E-state index in [1.165, 1.54) is 0 Å². The third kappa shape index (κ3) is 3.55. The number of nitrogens with zero attached hydrogens (tertiary/aromatic N) is 4. The average Bonchev–Trinajstić information content (AvgIpc) is 2.98. The lowest BCUT2D eigenvalue weighted by atomic mass is 10.2. The van der Waals surface area contributed by atoms with E-state index >= 15 is 0 Å². The minimum absolute atomic E-state index is 0.344. The van der Waals surface area contributed by atoms with Gasteiger partial charge in [0, 0.05) is 27.7 Å². The molecule has 0 saturated heterocycles. The molecule has 7 nitrogen and oxygen atoms in total. The smallest absolute Gasteiger partial charge is 0.231 e. The second kappa shape index (κ2) is 6.49. The highest BCUT2D eigenvalue weighted by Gasteiger charge is 2.11. The summed E-state index contributed by atoms with van der Waals surface area (Å²) in [6.07, 6.45) is -0.584. The van der Waals surface area contributed by atoms with Crippen molar-refractivity contribution in [1.29, 1.82) is 0 Å². The number of hydrogen-bond acceptors (Lipinski definition) is 8. The molecular weight excluding hydrogens is 276 g/mol. The van der Waals surface area contributed by atoms with Gasteiger partial charge >= 0.3 is 0 Å². The van der Waals surface area contributed by atoms with Gasteiger partial charge in [0.05, 0.1) is 6.10 Å². The van der Waals surface area contributed by atoms with Crippen LogP contribution in [0.1, 0.15) is 11.7 Å². The summed E-state index contributed by atoms with van der Waals surface area (Å²) in [5, 5.41) is 19.8. The second-order valence-electron chi connectivity index (χ2n) is 4.38. The van der Waals surface area contributed by atoms with Crippen molar-refractivity contribution in [2.24, 2.45) is 0 Å². The first-order chi connectivity index (χ1) is 9.60. The number of aliphatic hydroxyl groups excluding tert-OH is 1. The van der Waals surface area contributed by atoms with E-state index in [4.69, 9.17) is 0 Å². The molecule has 8 heteroatoms. The predicted octanol–water partition coefficient (Wildman–Crippen LogP) is 1.19. The molecular formula is C12H18N6OS. The highest BCUT2D eigenvalue weighted by molar-refractivity contribution is 7.07. The molecule has 0 bridgehead atoms. The number of aliphatic hydroxyl groups is 1. The standard InChI is InChI=1S/C12H18N6OS/c1-13-10-15-11(17-12(16-10)18(2)3)14-6-9(19)8-4-5-20-7-8/h4-5,7,9,19H,6H2,1-3H3,(H2,13,14,15,16,17). The molecule has 2 rings (SSSR count). The molecule has 0 aliphatic heterocycles. The van der Waals surface area contributed by atoms with Gasteiger partial charge in [-0.3, -0.25) is 0 Å². The van der Waals surface area contributed by atoms with E-state index in [1.807, 2.05) is 30.9 Å². The van der Waals surface area contributed by atoms with E-state index in [1.54, 1.807) is 23.3 Å². The van der Waals surface area contributed by atoms with Gasteiger partial charge in [0.15, 0.2) is 0 Å². The first-order valence-electron chi connectivity index (χ1n) is 6.15. The Morgan fingerprint density at radius 3 is 2.65 bits per heavy atom. The molecule has 0 spiro atoms. The molecule has 0 radical (unpaired) electrons. The van der Waals surface area contributed by atoms with Crippen molar-refractivity contribution in [3.8, 4) is 0 Å². The van der Waals surface area contributed by atoms with E-state index in [-0.39, 0.29) is 0 Å². The maximum Gasteiger partial charge on any atom is 0.231 e. The monoisotopic (exact) mass is 294 g/mol. The topological polar surface area (TPSA) is 86.2 Å². The average molecular weight is 294 g/mol. The van der Waals surface area contributed by atoms with Crippen LogP contribution in [0, 0.1) is 0 Å². The molecule has 20 heavy (non-hydrogen) atoms. The third-order valence-electron chi connectivity index (χ3n) is 2.63. The molecule has 2 heterocycles. The number of hydrogen-bond donors (Lipinski definition) is 3. The maximum absolute atomic E-state index is 10.0. The number of thiophene rings is 1. The van der Waals surface area contributed by atoms with Crippen molar-refractivity contribution >= 4 is 29.2 Å². The zero-order chi connectivity index (χ0) is 14.5. The van der Waals surface area contributed by atoms with E-state index in [2.05, 4.69) is 25.6 Å². The molecule has 2 aromatic rings. The van der Waals surface area contributed by atoms with Crippen LogP contribution in [0.5, 0.6) is 0 Å². The lowest BCUT2D eigenvalue weighted by Crippen LogP contribution is -2.18. The summed E-state index contributed by atoms with van der Waals surface area (Å²) in [4.78, 5) is 14.5. The first-order valence-corrected chi connectivity index (χ1v) is 7.09. The van der Waals surface area contributed by atoms with Gasteiger partial charge in [0.1, 0.15) is 0 Å². The third-order valence-corrected chi connectivity index (χ3v) is 3.33. The van der Waals surface area contributed by atoms with Gasteiger partial charge in [-0.25, -0.2) is 0 Å². The quantitative estimate of drug-likeness (QED) is 0.737. The van der Waals surface area contributed by atoms with Crippen molar-refractivity contribution in [3.05, 3.63) is 22.4 Å². The van der Waals surface area contributed by atoms with Crippen molar-refractivity contribution in [2.45, 2.75) is 6.10 Å². The summed E-state index contributed by atoms with van der Waals surface area (Å²) >= 11 is 1.56. The highest BCUT2D eigenvalue weighted by atomic mass is 32.1.